The van der Waals surface area contributed by atoms with Gasteiger partial charge in [0.1, 0.15) is 5.82 Å². The highest BCUT2D eigenvalue weighted by Crippen LogP contribution is 2.37. The molecule has 0 amide bonds. The van der Waals surface area contributed by atoms with E-state index < -0.39 is 0 Å². The molecule has 1 aromatic rings. The van der Waals surface area contributed by atoms with E-state index in [1.807, 2.05) is 12.1 Å². The van der Waals surface area contributed by atoms with Crippen molar-refractivity contribution in [3.63, 3.8) is 0 Å². The molecule has 1 aliphatic carbocycles. The van der Waals surface area contributed by atoms with Crippen LogP contribution in [0.15, 0.2) is 24.3 Å². The first-order valence-corrected chi connectivity index (χ1v) is 7.21. The van der Waals surface area contributed by atoms with Crippen LogP contribution in [0.1, 0.15) is 51.0 Å². The van der Waals surface area contributed by atoms with Gasteiger partial charge in [-0.25, -0.2) is 4.39 Å². The van der Waals surface area contributed by atoms with Crippen LogP contribution in [0.5, 0.6) is 0 Å². The number of hydrogen-bond donors (Lipinski definition) is 1. The van der Waals surface area contributed by atoms with E-state index in [0.717, 1.165) is 30.9 Å². The largest absolute Gasteiger partial charge is 0.314 e. The maximum absolute atomic E-state index is 13.1. The third-order valence-corrected chi connectivity index (χ3v) is 4.31. The fourth-order valence-corrected chi connectivity index (χ4v) is 2.73. The van der Waals surface area contributed by atoms with E-state index in [9.17, 15) is 4.39 Å². The van der Waals surface area contributed by atoms with Crippen molar-refractivity contribution in [2.45, 2.75) is 51.5 Å². The second-order valence-corrected chi connectivity index (χ2v) is 5.51. The first-order chi connectivity index (χ1) is 8.72. The van der Waals surface area contributed by atoms with Gasteiger partial charge in [-0.3, -0.25) is 0 Å². The zero-order chi connectivity index (χ0) is 13.0. The molecular weight excluding hydrogens is 225 g/mol. The van der Waals surface area contributed by atoms with Gasteiger partial charge in [0.15, 0.2) is 0 Å². The van der Waals surface area contributed by atoms with Gasteiger partial charge < -0.3 is 5.32 Å². The van der Waals surface area contributed by atoms with Crippen LogP contribution in [-0.4, -0.2) is 12.6 Å². The van der Waals surface area contributed by atoms with Crippen LogP contribution in [0.3, 0.4) is 0 Å². The normalized spacial score (nSPS) is 23.1. The highest BCUT2D eigenvalue weighted by molar-refractivity contribution is 5.23. The zero-order valence-corrected chi connectivity index (χ0v) is 11.5. The van der Waals surface area contributed by atoms with E-state index in [4.69, 9.17) is 0 Å². The Balaban J connectivity index is 1.74. The Kier molecular flexibility index (Phi) is 4.76. The molecule has 0 aliphatic heterocycles. The Bertz CT molecular complexity index is 367. The van der Waals surface area contributed by atoms with Crippen molar-refractivity contribution in [1.29, 1.82) is 0 Å². The summed E-state index contributed by atoms with van der Waals surface area (Å²) in [6.07, 6.45) is 4.82. The molecule has 18 heavy (non-hydrogen) atoms. The Morgan fingerprint density at radius 1 is 1.28 bits per heavy atom. The van der Waals surface area contributed by atoms with E-state index in [0.29, 0.717) is 12.0 Å². The summed E-state index contributed by atoms with van der Waals surface area (Å²) in [7, 11) is 0. The topological polar surface area (TPSA) is 12.0 Å². The zero-order valence-electron chi connectivity index (χ0n) is 11.5. The fraction of sp³-hybridized carbons (Fsp3) is 0.625. The molecular formula is C16H24FN. The summed E-state index contributed by atoms with van der Waals surface area (Å²) in [4.78, 5) is 0. The number of benzene rings is 1. The van der Waals surface area contributed by atoms with Gasteiger partial charge in [-0.2, -0.15) is 0 Å². The Labute approximate surface area is 110 Å². The molecule has 100 valence electrons. The van der Waals surface area contributed by atoms with Crippen molar-refractivity contribution < 1.29 is 4.39 Å². The van der Waals surface area contributed by atoms with E-state index in [-0.39, 0.29) is 5.82 Å². The Morgan fingerprint density at radius 3 is 2.61 bits per heavy atom. The third-order valence-electron chi connectivity index (χ3n) is 4.31. The van der Waals surface area contributed by atoms with Crippen molar-refractivity contribution in [3.8, 4) is 0 Å². The maximum atomic E-state index is 13.1. The first-order valence-electron chi connectivity index (χ1n) is 7.21. The molecule has 0 atom stereocenters. The number of rotatable bonds is 6. The molecule has 1 fully saturated rings. The minimum absolute atomic E-state index is 0.110. The lowest BCUT2D eigenvalue weighted by Crippen LogP contribution is -2.42. The average molecular weight is 249 g/mol. The molecule has 0 bridgehead atoms. The van der Waals surface area contributed by atoms with Crippen molar-refractivity contribution in [3.05, 3.63) is 35.6 Å². The van der Waals surface area contributed by atoms with Crippen LogP contribution < -0.4 is 5.32 Å². The third kappa shape index (κ3) is 3.32. The molecule has 2 heteroatoms. The molecule has 0 unspecified atom stereocenters. The summed E-state index contributed by atoms with van der Waals surface area (Å²) >= 11 is 0. The monoisotopic (exact) mass is 249 g/mol. The second-order valence-electron chi connectivity index (χ2n) is 5.51. The van der Waals surface area contributed by atoms with Gasteiger partial charge in [0.05, 0.1) is 0 Å². The lowest BCUT2D eigenvalue weighted by atomic mass is 9.75. The number of halogens is 1. The van der Waals surface area contributed by atoms with Gasteiger partial charge in [-0.05, 0) is 48.9 Å². The van der Waals surface area contributed by atoms with E-state index >= 15 is 0 Å². The van der Waals surface area contributed by atoms with Crippen molar-refractivity contribution in [2.24, 2.45) is 5.92 Å². The van der Waals surface area contributed by atoms with Gasteiger partial charge in [-0.15, -0.1) is 0 Å². The van der Waals surface area contributed by atoms with Crippen molar-refractivity contribution in [2.75, 3.05) is 6.54 Å². The minimum atomic E-state index is -0.110. The molecule has 1 aliphatic rings. The molecule has 2 rings (SSSR count). The molecule has 0 radical (unpaired) electrons. The molecule has 0 spiro atoms. The van der Waals surface area contributed by atoms with Crippen molar-refractivity contribution >= 4 is 0 Å². The molecule has 0 heterocycles. The van der Waals surface area contributed by atoms with Gasteiger partial charge >= 0.3 is 0 Å². The van der Waals surface area contributed by atoms with Crippen LogP contribution in [-0.2, 0) is 0 Å². The van der Waals surface area contributed by atoms with Crippen molar-refractivity contribution in [1.82, 2.24) is 5.32 Å². The Morgan fingerprint density at radius 2 is 2.00 bits per heavy atom. The summed E-state index contributed by atoms with van der Waals surface area (Å²) < 4.78 is 13.1. The van der Waals surface area contributed by atoms with E-state index in [1.54, 1.807) is 6.07 Å². The highest BCUT2D eigenvalue weighted by Gasteiger charge is 2.30. The SMILES string of the molecule is CCC(CC)CNC1CC(c2cccc(F)c2)C1. The van der Waals surface area contributed by atoms with E-state index in [2.05, 4.69) is 19.2 Å². The summed E-state index contributed by atoms with van der Waals surface area (Å²) in [6.45, 7) is 5.64. The molecule has 1 saturated carbocycles. The standard InChI is InChI=1S/C16H24FN/c1-3-12(4-2)11-18-16-9-14(10-16)13-6-5-7-15(17)8-13/h5-8,12,14,16,18H,3-4,9-11H2,1-2H3. The lowest BCUT2D eigenvalue weighted by Gasteiger charge is -2.37. The van der Waals surface area contributed by atoms with Crippen LogP contribution in [0.4, 0.5) is 4.39 Å². The predicted octanol–water partition coefficient (Wildman–Crippen LogP) is 4.10. The lowest BCUT2D eigenvalue weighted by molar-refractivity contribution is 0.272. The smallest absolute Gasteiger partial charge is 0.123 e. The number of hydrogen-bond acceptors (Lipinski definition) is 1. The van der Waals surface area contributed by atoms with Gasteiger partial charge in [-0.1, -0.05) is 38.8 Å². The van der Waals surface area contributed by atoms with Gasteiger partial charge in [0, 0.05) is 6.04 Å². The van der Waals surface area contributed by atoms with Gasteiger partial charge in [0.25, 0.3) is 0 Å². The summed E-state index contributed by atoms with van der Waals surface area (Å²) in [5, 5.41) is 3.64. The van der Waals surface area contributed by atoms with Crippen LogP contribution in [0.25, 0.3) is 0 Å². The highest BCUT2D eigenvalue weighted by atomic mass is 19.1. The van der Waals surface area contributed by atoms with Crippen LogP contribution in [0.2, 0.25) is 0 Å². The fourth-order valence-electron chi connectivity index (χ4n) is 2.73. The van der Waals surface area contributed by atoms with E-state index in [1.165, 1.54) is 18.9 Å². The summed E-state index contributed by atoms with van der Waals surface area (Å²) in [6, 6.07) is 7.70. The molecule has 0 aromatic heterocycles. The summed E-state index contributed by atoms with van der Waals surface area (Å²) in [5.41, 5.74) is 1.16. The second kappa shape index (κ2) is 6.33. The molecule has 1 N–H and O–H groups in total. The first kappa shape index (κ1) is 13.5. The Hall–Kier alpha value is -0.890. The molecule has 0 saturated heterocycles. The predicted molar refractivity (Wildman–Crippen MR) is 74.2 cm³/mol. The van der Waals surface area contributed by atoms with Gasteiger partial charge in [0.2, 0.25) is 0 Å². The van der Waals surface area contributed by atoms with Crippen LogP contribution in [0, 0.1) is 11.7 Å². The quantitative estimate of drug-likeness (QED) is 0.800. The number of nitrogens with one attached hydrogen (secondary N) is 1. The molecule has 1 aromatic carbocycles. The average Bonchev–Trinajstić information content (AvgIpc) is 2.32. The minimum Gasteiger partial charge on any atom is -0.314 e. The summed E-state index contributed by atoms with van der Waals surface area (Å²) in [5.74, 6) is 1.25. The molecule has 1 nitrogen and oxygen atoms in total. The van der Waals surface area contributed by atoms with Crippen LogP contribution >= 0.6 is 0 Å². The maximum Gasteiger partial charge on any atom is 0.123 e.